The maximum absolute atomic E-state index is 12.5. The minimum atomic E-state index is -0.375. The molecule has 4 aliphatic carbocycles. The summed E-state index contributed by atoms with van der Waals surface area (Å²) in [5.41, 5.74) is 1.34. The first-order chi connectivity index (χ1) is 11.5. The van der Waals surface area contributed by atoms with Crippen LogP contribution < -0.4 is 0 Å². The molecule has 0 unspecified atom stereocenters. The molecular formula is C20H26O4. The molecule has 0 N–H and O–H groups in total. The number of fused-ring (bicyclic) bond motifs is 3. The van der Waals surface area contributed by atoms with E-state index in [0.717, 1.165) is 64.6 Å². The Labute approximate surface area is 142 Å². The summed E-state index contributed by atoms with van der Waals surface area (Å²) in [6.07, 6.45) is 10.3. The van der Waals surface area contributed by atoms with E-state index in [-0.39, 0.29) is 22.4 Å². The van der Waals surface area contributed by atoms with Crippen molar-refractivity contribution in [1.82, 2.24) is 0 Å². The third-order valence-electron chi connectivity index (χ3n) is 8.38. The number of allylic oxidation sites excluding steroid dienone is 1. The number of ketones is 1. The van der Waals surface area contributed by atoms with E-state index >= 15 is 0 Å². The van der Waals surface area contributed by atoms with Gasteiger partial charge in [0.25, 0.3) is 0 Å². The molecule has 6 aliphatic rings. The molecule has 0 bridgehead atoms. The fraction of sp³-hybridized carbons (Fsp3) is 0.850. The normalized spacial score (nSPS) is 53.9. The van der Waals surface area contributed by atoms with Gasteiger partial charge in [-0.2, -0.15) is 0 Å². The molecule has 2 saturated heterocycles. The third kappa shape index (κ3) is 1.47. The molecule has 4 nitrogen and oxygen atoms in total. The van der Waals surface area contributed by atoms with Crippen LogP contribution in [0.4, 0.5) is 0 Å². The monoisotopic (exact) mass is 330 g/mol. The van der Waals surface area contributed by atoms with Crippen LogP contribution in [0.5, 0.6) is 0 Å². The highest BCUT2D eigenvalue weighted by molar-refractivity contribution is 5.87. The van der Waals surface area contributed by atoms with Crippen molar-refractivity contribution >= 4 is 5.78 Å². The topological polar surface area (TPSA) is 48.1 Å². The van der Waals surface area contributed by atoms with Crippen molar-refractivity contribution in [3.8, 4) is 0 Å². The van der Waals surface area contributed by atoms with E-state index in [9.17, 15) is 4.79 Å². The summed E-state index contributed by atoms with van der Waals surface area (Å²) in [6, 6.07) is 0. The van der Waals surface area contributed by atoms with Gasteiger partial charge in [0.05, 0.1) is 13.2 Å². The van der Waals surface area contributed by atoms with Gasteiger partial charge in [-0.3, -0.25) is 4.79 Å². The smallest absolute Gasteiger partial charge is 0.171 e. The van der Waals surface area contributed by atoms with Crippen molar-refractivity contribution in [3.05, 3.63) is 11.6 Å². The van der Waals surface area contributed by atoms with Crippen molar-refractivity contribution in [2.75, 3.05) is 13.2 Å². The molecule has 4 heteroatoms. The van der Waals surface area contributed by atoms with E-state index in [4.69, 9.17) is 14.2 Å². The number of hydrogen-bond donors (Lipinski definition) is 0. The van der Waals surface area contributed by atoms with Gasteiger partial charge in [0.1, 0.15) is 17.0 Å². The molecule has 2 aliphatic heterocycles. The molecule has 5 fully saturated rings. The first-order valence-corrected chi connectivity index (χ1v) is 9.75. The zero-order valence-electron chi connectivity index (χ0n) is 14.4. The van der Waals surface area contributed by atoms with E-state index in [2.05, 4.69) is 13.0 Å². The largest absolute Gasteiger partial charge is 0.358 e. The molecule has 0 aromatic carbocycles. The Kier molecular flexibility index (Phi) is 2.51. The van der Waals surface area contributed by atoms with E-state index in [1.54, 1.807) is 5.57 Å². The Morgan fingerprint density at radius 3 is 2.79 bits per heavy atom. The summed E-state index contributed by atoms with van der Waals surface area (Å²) in [4.78, 5) is 12.5. The Balaban J connectivity index is 1.37. The van der Waals surface area contributed by atoms with Crippen molar-refractivity contribution in [1.29, 1.82) is 0 Å². The highest BCUT2D eigenvalue weighted by atomic mass is 16.7. The van der Waals surface area contributed by atoms with Crippen molar-refractivity contribution in [2.24, 2.45) is 17.3 Å². The fourth-order valence-electron chi connectivity index (χ4n) is 7.11. The first kappa shape index (κ1) is 14.5. The fourth-order valence-corrected chi connectivity index (χ4v) is 7.11. The van der Waals surface area contributed by atoms with Crippen LogP contribution in [0.3, 0.4) is 0 Å². The minimum Gasteiger partial charge on any atom is -0.358 e. The van der Waals surface area contributed by atoms with E-state index in [1.807, 2.05) is 0 Å². The van der Waals surface area contributed by atoms with Crippen LogP contribution in [0.25, 0.3) is 0 Å². The zero-order valence-corrected chi connectivity index (χ0v) is 14.4. The first-order valence-electron chi connectivity index (χ1n) is 9.75. The lowest BCUT2D eigenvalue weighted by molar-refractivity contribution is -0.185. The van der Waals surface area contributed by atoms with Crippen molar-refractivity contribution in [2.45, 2.75) is 75.3 Å². The number of Topliss-reactive ketones (excluding diaryl/α,β-unsaturated/α-hetero) is 1. The second-order valence-electron chi connectivity index (χ2n) is 9.20. The maximum atomic E-state index is 12.5. The lowest BCUT2D eigenvalue weighted by Gasteiger charge is -2.48. The summed E-state index contributed by atoms with van der Waals surface area (Å²) < 4.78 is 18.5. The predicted octanol–water partition coefficient (Wildman–Crippen LogP) is 3.15. The Morgan fingerprint density at radius 2 is 1.96 bits per heavy atom. The van der Waals surface area contributed by atoms with Gasteiger partial charge in [-0.25, -0.2) is 0 Å². The lowest BCUT2D eigenvalue weighted by atomic mass is 9.54. The summed E-state index contributed by atoms with van der Waals surface area (Å²) in [5, 5.41) is 0. The summed E-state index contributed by atoms with van der Waals surface area (Å²) in [7, 11) is 0. The van der Waals surface area contributed by atoms with Gasteiger partial charge in [-0.15, -0.1) is 0 Å². The molecule has 3 saturated carbocycles. The van der Waals surface area contributed by atoms with Crippen LogP contribution in [0.1, 0.15) is 58.3 Å². The number of ether oxygens (including phenoxy) is 3. The number of hydrogen-bond acceptors (Lipinski definition) is 4. The molecule has 1 spiro atoms. The number of epoxide rings is 1. The molecule has 0 radical (unpaired) electrons. The molecule has 130 valence electrons. The van der Waals surface area contributed by atoms with Crippen molar-refractivity contribution in [3.63, 3.8) is 0 Å². The van der Waals surface area contributed by atoms with Gasteiger partial charge in [-0.05, 0) is 49.5 Å². The molecule has 0 amide bonds. The number of carbonyl (C=O) groups is 1. The second kappa shape index (κ2) is 4.16. The summed E-state index contributed by atoms with van der Waals surface area (Å²) in [5.74, 6) is 1.21. The molecule has 6 rings (SSSR count). The minimum absolute atomic E-state index is 0.0473. The highest BCUT2D eigenvalue weighted by Crippen LogP contribution is 2.73. The molecule has 5 atom stereocenters. The quantitative estimate of drug-likeness (QED) is 0.506. The SMILES string of the molecule is C[C@]12CC=C3[C@@H](CC[C@]45CC6(CC[C@]34O5)OCCO6)[C@H]1CCC2=O. The third-order valence-corrected chi connectivity index (χ3v) is 8.38. The van der Waals surface area contributed by atoms with Gasteiger partial charge >= 0.3 is 0 Å². The second-order valence-corrected chi connectivity index (χ2v) is 9.20. The van der Waals surface area contributed by atoms with Gasteiger partial charge < -0.3 is 14.2 Å². The maximum Gasteiger partial charge on any atom is 0.171 e. The molecule has 24 heavy (non-hydrogen) atoms. The van der Waals surface area contributed by atoms with Gasteiger partial charge in [0.15, 0.2) is 5.79 Å². The molecule has 0 aromatic rings. The number of carbonyl (C=O) groups excluding carboxylic acids is 1. The van der Waals surface area contributed by atoms with Gasteiger partial charge in [0.2, 0.25) is 0 Å². The average Bonchev–Trinajstić information content (AvgIpc) is 2.88. The van der Waals surface area contributed by atoms with Gasteiger partial charge in [-0.1, -0.05) is 13.0 Å². The molecule has 2 heterocycles. The highest BCUT2D eigenvalue weighted by Gasteiger charge is 2.79. The summed E-state index contributed by atoms with van der Waals surface area (Å²) in [6.45, 7) is 3.65. The van der Waals surface area contributed by atoms with Crippen LogP contribution in [0, 0.1) is 17.3 Å². The van der Waals surface area contributed by atoms with Crippen molar-refractivity contribution < 1.29 is 19.0 Å². The Bertz CT molecular complexity index is 663. The van der Waals surface area contributed by atoms with Crippen LogP contribution >= 0.6 is 0 Å². The van der Waals surface area contributed by atoms with Gasteiger partial charge in [0, 0.05) is 24.7 Å². The predicted molar refractivity (Wildman–Crippen MR) is 86.3 cm³/mol. The standard InChI is InChI=1S/C20H26O4/c1-17-6-5-15-13(14(17)2-3-16(17)21)4-7-18-12-19(22-10-11-23-19)8-9-20(15,18)24-18/h5,13-14H,2-4,6-12H2,1H3/t13-,14+,17-,18-,20-/m0/s1. The average molecular weight is 330 g/mol. The summed E-state index contributed by atoms with van der Waals surface area (Å²) >= 11 is 0. The van der Waals surface area contributed by atoms with E-state index in [0.29, 0.717) is 17.6 Å². The number of rotatable bonds is 0. The molecular weight excluding hydrogens is 304 g/mol. The lowest BCUT2D eigenvalue weighted by Crippen LogP contribution is -2.51. The Hall–Kier alpha value is -0.710. The van der Waals surface area contributed by atoms with Crippen LogP contribution in [0.15, 0.2) is 11.6 Å². The van der Waals surface area contributed by atoms with Crippen LogP contribution in [-0.2, 0) is 19.0 Å². The van der Waals surface area contributed by atoms with E-state index < -0.39 is 0 Å². The zero-order chi connectivity index (χ0) is 16.2. The van der Waals surface area contributed by atoms with Crippen LogP contribution in [0.2, 0.25) is 0 Å². The Morgan fingerprint density at radius 1 is 1.12 bits per heavy atom. The van der Waals surface area contributed by atoms with Crippen LogP contribution in [-0.4, -0.2) is 36.0 Å². The molecule has 0 aromatic heterocycles. The van der Waals surface area contributed by atoms with E-state index in [1.165, 1.54) is 0 Å².